The number of nitrogens with zero attached hydrogens (tertiary/aromatic N) is 1. The minimum absolute atomic E-state index is 0.142. The van der Waals surface area contributed by atoms with Crippen molar-refractivity contribution < 1.29 is 19.4 Å². The number of carbonyl (C=O) groups is 2. The van der Waals surface area contributed by atoms with Gasteiger partial charge in [0.1, 0.15) is 0 Å². The van der Waals surface area contributed by atoms with E-state index in [4.69, 9.17) is 4.74 Å². The van der Waals surface area contributed by atoms with E-state index in [1.165, 1.54) is 0 Å². The molecule has 2 heterocycles. The standard InChI is InChI=1S/C16H20N2O4S/c1-23-13-4-2-3-12(7-13)17-15(21)18-8-11-9-22-6-5-16(11,10-18)14(19)20/h2-4,7,11H,5-6,8-10H2,1H3,(H,17,21)(H,19,20)/t11-,16+/m1/s1. The van der Waals surface area contributed by atoms with E-state index >= 15 is 0 Å². The van der Waals surface area contributed by atoms with E-state index in [9.17, 15) is 14.7 Å². The predicted octanol–water partition coefficient (Wildman–Crippen LogP) is 2.36. The number of urea groups is 1. The lowest BCUT2D eigenvalue weighted by atomic mass is 9.74. The highest BCUT2D eigenvalue weighted by atomic mass is 32.2. The molecule has 2 aliphatic rings. The van der Waals surface area contributed by atoms with Crippen LogP contribution >= 0.6 is 11.8 Å². The first-order valence-corrected chi connectivity index (χ1v) is 8.79. The molecule has 0 radical (unpaired) electrons. The molecule has 2 saturated heterocycles. The third-order valence-corrected chi connectivity index (χ3v) is 5.47. The number of likely N-dealkylation sites (tertiary alicyclic amines) is 1. The zero-order chi connectivity index (χ0) is 16.4. The van der Waals surface area contributed by atoms with Crippen LogP contribution in [0.25, 0.3) is 0 Å². The summed E-state index contributed by atoms with van der Waals surface area (Å²) in [6.07, 6.45) is 2.43. The summed E-state index contributed by atoms with van der Waals surface area (Å²) in [6.45, 7) is 1.50. The number of amides is 2. The Morgan fingerprint density at radius 1 is 1.48 bits per heavy atom. The highest BCUT2D eigenvalue weighted by Crippen LogP contribution is 2.42. The second kappa shape index (κ2) is 6.41. The van der Waals surface area contributed by atoms with Crippen molar-refractivity contribution in [3.8, 4) is 0 Å². The van der Waals surface area contributed by atoms with E-state index in [0.29, 0.717) is 26.2 Å². The van der Waals surface area contributed by atoms with Gasteiger partial charge in [0.15, 0.2) is 0 Å². The lowest BCUT2D eigenvalue weighted by Gasteiger charge is -2.33. The highest BCUT2D eigenvalue weighted by Gasteiger charge is 2.54. The minimum Gasteiger partial charge on any atom is -0.481 e. The predicted molar refractivity (Wildman–Crippen MR) is 87.8 cm³/mol. The van der Waals surface area contributed by atoms with Gasteiger partial charge >= 0.3 is 12.0 Å². The Morgan fingerprint density at radius 3 is 3.00 bits per heavy atom. The second-order valence-corrected chi connectivity index (χ2v) is 6.91. The fourth-order valence-corrected chi connectivity index (χ4v) is 3.82. The molecule has 6 nitrogen and oxygen atoms in total. The molecular formula is C16H20N2O4S. The summed E-state index contributed by atoms with van der Waals surface area (Å²) in [4.78, 5) is 26.9. The van der Waals surface area contributed by atoms with Gasteiger partial charge < -0.3 is 20.1 Å². The SMILES string of the molecule is CSc1cccc(NC(=O)N2C[C@@H]3COCC[C@]3(C(=O)O)C2)c1. The van der Waals surface area contributed by atoms with Crippen LogP contribution in [0.5, 0.6) is 0 Å². The molecule has 2 atom stereocenters. The number of carbonyl (C=O) groups excluding carboxylic acids is 1. The number of carboxylic acids is 1. The van der Waals surface area contributed by atoms with Crippen molar-refractivity contribution in [3.05, 3.63) is 24.3 Å². The van der Waals surface area contributed by atoms with E-state index < -0.39 is 11.4 Å². The monoisotopic (exact) mass is 336 g/mol. The molecule has 2 aliphatic heterocycles. The average Bonchev–Trinajstić information content (AvgIpc) is 2.96. The van der Waals surface area contributed by atoms with Crippen LogP contribution in [0.3, 0.4) is 0 Å². The van der Waals surface area contributed by atoms with E-state index in [2.05, 4.69) is 5.32 Å². The van der Waals surface area contributed by atoms with Crippen molar-refractivity contribution in [3.63, 3.8) is 0 Å². The Hall–Kier alpha value is -1.73. The lowest BCUT2D eigenvalue weighted by Crippen LogP contribution is -2.45. The Bertz CT molecular complexity index is 624. The molecule has 0 aromatic heterocycles. The van der Waals surface area contributed by atoms with Gasteiger partial charge in [0, 0.05) is 36.2 Å². The van der Waals surface area contributed by atoms with Crippen LogP contribution in [-0.2, 0) is 9.53 Å². The van der Waals surface area contributed by atoms with Gasteiger partial charge in [0.2, 0.25) is 0 Å². The molecule has 2 amide bonds. The van der Waals surface area contributed by atoms with Crippen LogP contribution in [0, 0.1) is 11.3 Å². The van der Waals surface area contributed by atoms with Crippen LogP contribution < -0.4 is 5.32 Å². The van der Waals surface area contributed by atoms with Crippen molar-refractivity contribution >= 4 is 29.4 Å². The number of thioether (sulfide) groups is 1. The summed E-state index contributed by atoms with van der Waals surface area (Å²) in [5.41, 5.74) is -0.145. The fourth-order valence-electron chi connectivity index (χ4n) is 3.36. The molecule has 124 valence electrons. The van der Waals surface area contributed by atoms with Gasteiger partial charge in [-0.1, -0.05) is 6.07 Å². The number of ether oxygens (including phenoxy) is 1. The van der Waals surface area contributed by atoms with Crippen LogP contribution in [0.2, 0.25) is 0 Å². The summed E-state index contributed by atoms with van der Waals surface area (Å²) in [5, 5.41) is 12.5. The van der Waals surface area contributed by atoms with E-state index in [1.54, 1.807) is 16.7 Å². The van der Waals surface area contributed by atoms with Crippen molar-refractivity contribution in [1.29, 1.82) is 0 Å². The zero-order valence-corrected chi connectivity index (χ0v) is 13.8. The smallest absolute Gasteiger partial charge is 0.321 e. The van der Waals surface area contributed by atoms with Crippen molar-refractivity contribution in [2.45, 2.75) is 11.3 Å². The van der Waals surface area contributed by atoms with Crippen LogP contribution in [-0.4, -0.2) is 54.6 Å². The van der Waals surface area contributed by atoms with Gasteiger partial charge in [0.25, 0.3) is 0 Å². The van der Waals surface area contributed by atoms with Gasteiger partial charge in [-0.05, 0) is 30.9 Å². The van der Waals surface area contributed by atoms with Gasteiger partial charge in [-0.2, -0.15) is 0 Å². The first kappa shape index (κ1) is 16.1. The number of hydrogen-bond donors (Lipinski definition) is 2. The summed E-state index contributed by atoms with van der Waals surface area (Å²) in [7, 11) is 0. The van der Waals surface area contributed by atoms with Crippen molar-refractivity contribution in [1.82, 2.24) is 4.90 Å². The number of benzene rings is 1. The number of fused-ring (bicyclic) bond motifs is 1. The first-order chi connectivity index (χ1) is 11.0. The van der Waals surface area contributed by atoms with E-state index in [-0.39, 0.29) is 18.5 Å². The molecule has 7 heteroatoms. The Kier molecular flexibility index (Phi) is 4.50. The molecular weight excluding hydrogens is 316 g/mol. The largest absolute Gasteiger partial charge is 0.481 e. The molecule has 0 bridgehead atoms. The highest BCUT2D eigenvalue weighted by molar-refractivity contribution is 7.98. The van der Waals surface area contributed by atoms with Gasteiger partial charge in [-0.15, -0.1) is 11.8 Å². The minimum atomic E-state index is -0.864. The van der Waals surface area contributed by atoms with Crippen molar-refractivity contribution in [2.24, 2.45) is 11.3 Å². The average molecular weight is 336 g/mol. The molecule has 1 aromatic rings. The second-order valence-electron chi connectivity index (χ2n) is 6.03. The fraction of sp³-hybridized carbons (Fsp3) is 0.500. The van der Waals surface area contributed by atoms with Crippen LogP contribution in [0.4, 0.5) is 10.5 Å². The quantitative estimate of drug-likeness (QED) is 0.829. The maximum Gasteiger partial charge on any atom is 0.321 e. The van der Waals surface area contributed by atoms with E-state index in [1.807, 2.05) is 30.5 Å². The topological polar surface area (TPSA) is 78.9 Å². The number of rotatable bonds is 3. The van der Waals surface area contributed by atoms with Crippen LogP contribution in [0.15, 0.2) is 29.2 Å². The number of anilines is 1. The summed E-state index contributed by atoms with van der Waals surface area (Å²) >= 11 is 1.60. The van der Waals surface area contributed by atoms with Gasteiger partial charge in [0.05, 0.1) is 12.0 Å². The maximum absolute atomic E-state index is 12.5. The molecule has 2 N–H and O–H groups in total. The number of aliphatic carboxylic acids is 1. The Labute approximate surface area is 139 Å². The maximum atomic E-state index is 12.5. The summed E-state index contributed by atoms with van der Waals surface area (Å²) < 4.78 is 5.41. The molecule has 0 spiro atoms. The summed E-state index contributed by atoms with van der Waals surface area (Å²) in [6, 6.07) is 7.34. The zero-order valence-electron chi connectivity index (χ0n) is 12.9. The summed E-state index contributed by atoms with van der Waals surface area (Å²) in [5.74, 6) is -0.970. The number of hydrogen-bond acceptors (Lipinski definition) is 4. The molecule has 0 aliphatic carbocycles. The number of nitrogens with one attached hydrogen (secondary N) is 1. The van der Waals surface area contributed by atoms with Crippen LogP contribution in [0.1, 0.15) is 6.42 Å². The van der Waals surface area contributed by atoms with E-state index in [0.717, 1.165) is 10.6 Å². The molecule has 2 fully saturated rings. The van der Waals surface area contributed by atoms with Gasteiger partial charge in [-0.25, -0.2) is 4.79 Å². The normalized spacial score (nSPS) is 26.7. The lowest BCUT2D eigenvalue weighted by molar-refractivity contribution is -0.157. The first-order valence-electron chi connectivity index (χ1n) is 7.56. The third kappa shape index (κ3) is 3.03. The Balaban J connectivity index is 1.72. The third-order valence-electron chi connectivity index (χ3n) is 4.74. The van der Waals surface area contributed by atoms with Crippen molar-refractivity contribution in [2.75, 3.05) is 37.9 Å². The molecule has 0 saturated carbocycles. The van der Waals surface area contributed by atoms with Gasteiger partial charge in [-0.3, -0.25) is 4.79 Å². The Morgan fingerprint density at radius 2 is 2.30 bits per heavy atom. The molecule has 1 aromatic carbocycles. The molecule has 3 rings (SSSR count). The number of carboxylic acid groups (broad SMARTS) is 1. The molecule has 23 heavy (non-hydrogen) atoms. The molecule has 0 unspecified atom stereocenters.